The Bertz CT molecular complexity index is 762. The molecule has 0 aliphatic carbocycles. The zero-order chi connectivity index (χ0) is 19.1. The molecule has 27 heavy (non-hydrogen) atoms. The van der Waals surface area contributed by atoms with Crippen molar-refractivity contribution in [1.82, 2.24) is 10.2 Å². The minimum Gasteiger partial charge on any atom is -0.497 e. The Labute approximate surface area is 159 Å². The number of benzene rings is 2. The van der Waals surface area contributed by atoms with Crippen LogP contribution in [0.15, 0.2) is 54.6 Å². The zero-order valence-electron chi connectivity index (χ0n) is 15.4. The third kappa shape index (κ3) is 4.78. The second kappa shape index (κ2) is 9.07. The van der Waals surface area contributed by atoms with Gasteiger partial charge in [0.2, 0.25) is 11.8 Å². The molecule has 6 nitrogen and oxygen atoms in total. The molecule has 0 radical (unpaired) electrons. The van der Waals surface area contributed by atoms with Crippen molar-refractivity contribution in [3.63, 3.8) is 0 Å². The fourth-order valence-electron chi connectivity index (χ4n) is 3.13. The molecule has 6 heteroatoms. The largest absolute Gasteiger partial charge is 0.497 e. The van der Waals surface area contributed by atoms with Gasteiger partial charge in [-0.3, -0.25) is 9.59 Å². The van der Waals surface area contributed by atoms with Crippen LogP contribution in [-0.2, 0) is 9.59 Å². The highest BCUT2D eigenvalue weighted by Crippen LogP contribution is 2.26. The average Bonchev–Trinajstić information content (AvgIpc) is 2.72. The van der Waals surface area contributed by atoms with Crippen LogP contribution >= 0.6 is 0 Å². The number of amides is 2. The molecule has 1 heterocycles. The second-order valence-corrected chi connectivity index (χ2v) is 6.32. The van der Waals surface area contributed by atoms with E-state index >= 15 is 0 Å². The first-order valence-electron chi connectivity index (χ1n) is 9.08. The van der Waals surface area contributed by atoms with E-state index in [0.29, 0.717) is 38.3 Å². The number of hydrogen-bond donors (Lipinski definition) is 1. The van der Waals surface area contributed by atoms with Crippen LogP contribution in [0.3, 0.4) is 0 Å². The van der Waals surface area contributed by atoms with Gasteiger partial charge in [-0.05, 0) is 36.2 Å². The van der Waals surface area contributed by atoms with Crippen LogP contribution < -0.4 is 14.8 Å². The molecule has 0 saturated carbocycles. The van der Waals surface area contributed by atoms with E-state index in [-0.39, 0.29) is 11.8 Å². The number of para-hydroxylation sites is 1. The molecule has 142 valence electrons. The Morgan fingerprint density at radius 2 is 1.85 bits per heavy atom. The van der Waals surface area contributed by atoms with E-state index in [2.05, 4.69) is 5.32 Å². The summed E-state index contributed by atoms with van der Waals surface area (Å²) in [6, 6.07) is 16.2. The van der Waals surface area contributed by atoms with Gasteiger partial charge in [0.15, 0.2) is 0 Å². The van der Waals surface area contributed by atoms with Gasteiger partial charge in [0.05, 0.1) is 13.7 Å². The maximum atomic E-state index is 12.7. The molecule has 2 aromatic rings. The summed E-state index contributed by atoms with van der Waals surface area (Å²) < 4.78 is 10.8. The lowest BCUT2D eigenvalue weighted by atomic mass is 10.0. The fourth-order valence-corrected chi connectivity index (χ4v) is 3.13. The maximum Gasteiger partial charge on any atom is 0.247 e. The van der Waals surface area contributed by atoms with Crippen molar-refractivity contribution in [1.29, 1.82) is 0 Å². The number of nitrogens with one attached hydrogen (secondary N) is 1. The lowest BCUT2D eigenvalue weighted by molar-refractivity contribution is -0.143. The van der Waals surface area contributed by atoms with E-state index in [1.165, 1.54) is 0 Å². The van der Waals surface area contributed by atoms with Crippen molar-refractivity contribution in [3.05, 3.63) is 60.2 Å². The van der Waals surface area contributed by atoms with Crippen LogP contribution in [0.25, 0.3) is 0 Å². The molecule has 1 aliphatic rings. The lowest BCUT2D eigenvalue weighted by Gasteiger charge is -2.35. The minimum absolute atomic E-state index is 0.0395. The van der Waals surface area contributed by atoms with Gasteiger partial charge in [-0.2, -0.15) is 0 Å². The van der Waals surface area contributed by atoms with Crippen molar-refractivity contribution in [3.8, 4) is 11.5 Å². The van der Waals surface area contributed by atoms with Crippen molar-refractivity contribution in [2.75, 3.05) is 26.8 Å². The number of methoxy groups -OCH3 is 1. The summed E-state index contributed by atoms with van der Waals surface area (Å²) in [5.41, 5.74) is 0.780. The Morgan fingerprint density at radius 1 is 1.11 bits per heavy atom. The molecule has 1 unspecified atom stereocenters. The molecule has 0 aromatic heterocycles. The summed E-state index contributed by atoms with van der Waals surface area (Å²) in [4.78, 5) is 26.8. The third-order valence-electron chi connectivity index (χ3n) is 4.51. The van der Waals surface area contributed by atoms with Crippen LogP contribution in [0.1, 0.15) is 24.4 Å². The number of carbonyl (C=O) groups is 2. The van der Waals surface area contributed by atoms with Crippen molar-refractivity contribution in [2.45, 2.75) is 18.9 Å². The monoisotopic (exact) mass is 368 g/mol. The molecular weight excluding hydrogens is 344 g/mol. The predicted molar refractivity (Wildman–Crippen MR) is 102 cm³/mol. The SMILES string of the molecule is COc1ccc(C2C(=O)NCCN2C(=O)CCCOc2ccccc2)cc1. The highest BCUT2D eigenvalue weighted by atomic mass is 16.5. The van der Waals surface area contributed by atoms with E-state index in [4.69, 9.17) is 9.47 Å². The number of nitrogens with zero attached hydrogens (tertiary/aromatic N) is 1. The second-order valence-electron chi connectivity index (χ2n) is 6.32. The Morgan fingerprint density at radius 3 is 2.56 bits per heavy atom. The molecule has 1 aliphatic heterocycles. The van der Waals surface area contributed by atoms with Crippen LogP contribution in [0.4, 0.5) is 0 Å². The van der Waals surface area contributed by atoms with E-state index in [1.807, 2.05) is 42.5 Å². The van der Waals surface area contributed by atoms with Crippen molar-refractivity contribution in [2.24, 2.45) is 0 Å². The fraction of sp³-hybridized carbons (Fsp3) is 0.333. The minimum atomic E-state index is -0.604. The Hall–Kier alpha value is -3.02. The van der Waals surface area contributed by atoms with Crippen LogP contribution in [-0.4, -0.2) is 43.5 Å². The lowest BCUT2D eigenvalue weighted by Crippen LogP contribution is -2.52. The molecule has 1 N–H and O–H groups in total. The third-order valence-corrected chi connectivity index (χ3v) is 4.51. The molecule has 2 amide bonds. The Balaban J connectivity index is 1.59. The topological polar surface area (TPSA) is 67.9 Å². The Kier molecular flexibility index (Phi) is 6.30. The highest BCUT2D eigenvalue weighted by Gasteiger charge is 2.33. The number of hydrogen-bond acceptors (Lipinski definition) is 4. The molecule has 0 bridgehead atoms. The van der Waals surface area contributed by atoms with Crippen LogP contribution in [0.2, 0.25) is 0 Å². The van der Waals surface area contributed by atoms with Crippen molar-refractivity contribution < 1.29 is 19.1 Å². The molecule has 1 fully saturated rings. The summed E-state index contributed by atoms with van der Waals surface area (Å²) in [6.45, 7) is 1.43. The van der Waals surface area contributed by atoms with E-state index < -0.39 is 6.04 Å². The first kappa shape index (κ1) is 18.8. The van der Waals surface area contributed by atoms with Crippen LogP contribution in [0.5, 0.6) is 11.5 Å². The standard InChI is InChI=1S/C21H24N2O4/c1-26-17-11-9-16(10-12-17)20-21(25)22-13-14-23(20)19(24)8-5-15-27-18-6-3-2-4-7-18/h2-4,6-7,9-12,20H,5,8,13-15H2,1H3,(H,22,25). The molecule has 2 aromatic carbocycles. The number of rotatable bonds is 7. The number of ether oxygens (including phenoxy) is 2. The van der Waals surface area contributed by atoms with Gasteiger partial charge >= 0.3 is 0 Å². The molecule has 1 saturated heterocycles. The molecule has 3 rings (SSSR count). The van der Waals surface area contributed by atoms with E-state index in [1.54, 1.807) is 24.1 Å². The molecule has 0 spiro atoms. The van der Waals surface area contributed by atoms with Crippen molar-refractivity contribution >= 4 is 11.8 Å². The zero-order valence-corrected chi connectivity index (χ0v) is 15.4. The molecular formula is C21H24N2O4. The van der Waals surface area contributed by atoms with Crippen LogP contribution in [0, 0.1) is 0 Å². The predicted octanol–water partition coefficient (Wildman–Crippen LogP) is 2.55. The smallest absolute Gasteiger partial charge is 0.247 e. The van der Waals surface area contributed by atoms with Gasteiger partial charge < -0.3 is 19.7 Å². The number of carbonyl (C=O) groups excluding carboxylic acids is 2. The normalized spacial score (nSPS) is 16.6. The van der Waals surface area contributed by atoms with Gasteiger partial charge in [0, 0.05) is 19.5 Å². The van der Waals surface area contributed by atoms with E-state index in [0.717, 1.165) is 11.3 Å². The summed E-state index contributed by atoms with van der Waals surface area (Å²) in [7, 11) is 1.59. The summed E-state index contributed by atoms with van der Waals surface area (Å²) >= 11 is 0. The molecule has 1 atom stereocenters. The quantitative estimate of drug-likeness (QED) is 0.763. The number of piperazine rings is 1. The first-order valence-corrected chi connectivity index (χ1v) is 9.08. The maximum absolute atomic E-state index is 12.7. The van der Waals surface area contributed by atoms with E-state index in [9.17, 15) is 9.59 Å². The van der Waals surface area contributed by atoms with Gasteiger partial charge in [0.25, 0.3) is 0 Å². The summed E-state index contributed by atoms with van der Waals surface area (Å²) in [5.74, 6) is 1.31. The van der Waals surface area contributed by atoms with Gasteiger partial charge in [-0.25, -0.2) is 0 Å². The average molecular weight is 368 g/mol. The van der Waals surface area contributed by atoms with Gasteiger partial charge in [0.1, 0.15) is 17.5 Å². The first-order chi connectivity index (χ1) is 13.2. The summed E-state index contributed by atoms with van der Waals surface area (Å²) in [5, 5.41) is 2.84. The van der Waals surface area contributed by atoms with Gasteiger partial charge in [-0.1, -0.05) is 30.3 Å². The highest BCUT2D eigenvalue weighted by molar-refractivity contribution is 5.89. The summed E-state index contributed by atoms with van der Waals surface area (Å²) in [6.07, 6.45) is 0.938. The van der Waals surface area contributed by atoms with Gasteiger partial charge in [-0.15, -0.1) is 0 Å².